The summed E-state index contributed by atoms with van der Waals surface area (Å²) in [5.74, 6) is -0.0496. The van der Waals surface area contributed by atoms with Crippen LogP contribution >= 0.6 is 0 Å². The molecule has 3 nitrogen and oxygen atoms in total. The van der Waals surface area contributed by atoms with Gasteiger partial charge in [-0.2, -0.15) is 0 Å². The SMILES string of the molecule is NC(=O)C(CC1CCCc2ccccc21)N=C(c1ccccc1)c1ccccc1. The van der Waals surface area contributed by atoms with E-state index in [0.717, 1.165) is 36.1 Å². The van der Waals surface area contributed by atoms with Crippen LogP contribution in [0.15, 0.2) is 89.9 Å². The normalized spacial score (nSPS) is 16.5. The average Bonchev–Trinajstić information content (AvgIpc) is 2.77. The monoisotopic (exact) mass is 382 g/mol. The van der Waals surface area contributed by atoms with E-state index in [2.05, 4.69) is 24.3 Å². The third kappa shape index (κ3) is 4.45. The van der Waals surface area contributed by atoms with E-state index in [0.29, 0.717) is 12.3 Å². The number of nitrogens with zero attached hydrogens (tertiary/aromatic N) is 1. The van der Waals surface area contributed by atoms with Crippen molar-refractivity contribution in [3.63, 3.8) is 0 Å². The molecule has 4 rings (SSSR count). The van der Waals surface area contributed by atoms with Crippen LogP contribution in [0, 0.1) is 0 Å². The van der Waals surface area contributed by atoms with E-state index < -0.39 is 6.04 Å². The molecule has 2 unspecified atom stereocenters. The van der Waals surface area contributed by atoms with Gasteiger partial charge in [0.05, 0.1) is 5.71 Å². The van der Waals surface area contributed by atoms with Gasteiger partial charge in [0.25, 0.3) is 0 Å². The van der Waals surface area contributed by atoms with Crippen molar-refractivity contribution in [1.82, 2.24) is 0 Å². The highest BCUT2D eigenvalue weighted by Crippen LogP contribution is 2.35. The number of aliphatic imine (C=N–C) groups is 1. The fourth-order valence-corrected chi connectivity index (χ4v) is 4.26. The van der Waals surface area contributed by atoms with Gasteiger partial charge in [0.15, 0.2) is 0 Å². The van der Waals surface area contributed by atoms with Crippen molar-refractivity contribution in [2.45, 2.75) is 37.6 Å². The van der Waals surface area contributed by atoms with Gasteiger partial charge in [-0.3, -0.25) is 9.79 Å². The Morgan fingerprint density at radius 3 is 2.10 bits per heavy atom. The number of benzene rings is 3. The summed E-state index contributed by atoms with van der Waals surface area (Å²) in [6.07, 6.45) is 3.97. The number of aryl methyl sites for hydroxylation is 1. The molecule has 1 aliphatic carbocycles. The molecule has 2 N–H and O–H groups in total. The Morgan fingerprint density at radius 2 is 1.48 bits per heavy atom. The van der Waals surface area contributed by atoms with Gasteiger partial charge in [-0.15, -0.1) is 0 Å². The molecule has 0 radical (unpaired) electrons. The highest BCUT2D eigenvalue weighted by molar-refractivity contribution is 6.13. The van der Waals surface area contributed by atoms with E-state index in [-0.39, 0.29) is 5.91 Å². The van der Waals surface area contributed by atoms with Crippen LogP contribution in [0.4, 0.5) is 0 Å². The molecule has 2 atom stereocenters. The standard InChI is InChI=1S/C26H26N2O/c27-26(29)24(18-22-16-9-15-19-10-7-8-17-23(19)22)28-25(20-11-3-1-4-12-20)21-13-5-2-6-14-21/h1-8,10-14,17,22,24H,9,15-16,18H2,(H2,27,29). The fraction of sp³-hybridized carbons (Fsp3) is 0.231. The fourth-order valence-electron chi connectivity index (χ4n) is 4.26. The van der Waals surface area contributed by atoms with Crippen LogP contribution in [0.5, 0.6) is 0 Å². The van der Waals surface area contributed by atoms with E-state index in [1.54, 1.807) is 0 Å². The van der Waals surface area contributed by atoms with Crippen molar-refractivity contribution in [1.29, 1.82) is 0 Å². The third-order valence-corrected chi connectivity index (χ3v) is 5.71. The van der Waals surface area contributed by atoms with Crippen LogP contribution in [0.25, 0.3) is 0 Å². The number of nitrogens with two attached hydrogens (primary N) is 1. The van der Waals surface area contributed by atoms with E-state index in [9.17, 15) is 4.79 Å². The molecule has 0 fully saturated rings. The topological polar surface area (TPSA) is 55.5 Å². The molecular formula is C26H26N2O. The molecule has 3 aromatic carbocycles. The summed E-state index contributed by atoms with van der Waals surface area (Å²) in [6.45, 7) is 0. The molecule has 3 aromatic rings. The van der Waals surface area contributed by atoms with Gasteiger partial charge in [-0.1, -0.05) is 84.9 Å². The minimum Gasteiger partial charge on any atom is -0.368 e. The zero-order valence-electron chi connectivity index (χ0n) is 16.5. The largest absolute Gasteiger partial charge is 0.368 e. The molecule has 1 amide bonds. The number of fused-ring (bicyclic) bond motifs is 1. The number of hydrogen-bond donors (Lipinski definition) is 1. The van der Waals surface area contributed by atoms with Gasteiger partial charge in [-0.05, 0) is 42.7 Å². The summed E-state index contributed by atoms with van der Waals surface area (Å²) >= 11 is 0. The first-order valence-corrected chi connectivity index (χ1v) is 10.3. The predicted molar refractivity (Wildman–Crippen MR) is 118 cm³/mol. The molecule has 0 aromatic heterocycles. The van der Waals surface area contributed by atoms with Gasteiger partial charge in [0, 0.05) is 11.1 Å². The Morgan fingerprint density at radius 1 is 0.897 bits per heavy atom. The Kier molecular flexibility index (Phi) is 5.85. The number of rotatable bonds is 6. The molecule has 0 saturated heterocycles. The van der Waals surface area contributed by atoms with Crippen molar-refractivity contribution in [2.24, 2.45) is 10.7 Å². The van der Waals surface area contributed by atoms with Crippen LogP contribution in [0.3, 0.4) is 0 Å². The van der Waals surface area contributed by atoms with Crippen molar-refractivity contribution in [3.05, 3.63) is 107 Å². The van der Waals surface area contributed by atoms with Crippen LogP contribution in [0.1, 0.15) is 47.4 Å². The lowest BCUT2D eigenvalue weighted by atomic mass is 9.79. The quantitative estimate of drug-likeness (QED) is 0.607. The van der Waals surface area contributed by atoms with Crippen LogP contribution in [-0.4, -0.2) is 17.7 Å². The lowest BCUT2D eigenvalue weighted by Crippen LogP contribution is -2.31. The maximum atomic E-state index is 12.4. The zero-order valence-corrected chi connectivity index (χ0v) is 16.5. The van der Waals surface area contributed by atoms with E-state index >= 15 is 0 Å². The Labute approximate surface area is 172 Å². The van der Waals surface area contributed by atoms with Crippen molar-refractivity contribution in [2.75, 3.05) is 0 Å². The molecule has 0 bridgehead atoms. The molecule has 0 aliphatic heterocycles. The van der Waals surface area contributed by atoms with Gasteiger partial charge in [0.1, 0.15) is 6.04 Å². The average molecular weight is 383 g/mol. The second kappa shape index (κ2) is 8.87. The number of carbonyl (C=O) groups is 1. The molecule has 29 heavy (non-hydrogen) atoms. The van der Waals surface area contributed by atoms with Crippen molar-refractivity contribution in [3.8, 4) is 0 Å². The second-order valence-electron chi connectivity index (χ2n) is 7.65. The molecule has 0 saturated carbocycles. The van der Waals surface area contributed by atoms with Gasteiger partial charge in [0.2, 0.25) is 5.91 Å². The maximum Gasteiger partial charge on any atom is 0.242 e. The Balaban J connectivity index is 1.70. The van der Waals surface area contributed by atoms with Crippen LogP contribution in [-0.2, 0) is 11.2 Å². The second-order valence-corrected chi connectivity index (χ2v) is 7.65. The highest BCUT2D eigenvalue weighted by atomic mass is 16.1. The lowest BCUT2D eigenvalue weighted by molar-refractivity contribution is -0.119. The van der Waals surface area contributed by atoms with Crippen LogP contribution in [0.2, 0.25) is 0 Å². The van der Waals surface area contributed by atoms with E-state index in [1.165, 1.54) is 11.1 Å². The van der Waals surface area contributed by atoms with Gasteiger partial charge < -0.3 is 5.73 Å². The summed E-state index contributed by atoms with van der Waals surface area (Å²) in [4.78, 5) is 17.3. The minimum absolute atomic E-state index is 0.314. The lowest BCUT2D eigenvalue weighted by Gasteiger charge is -2.27. The molecule has 0 spiro atoms. The first-order chi connectivity index (χ1) is 14.2. The zero-order chi connectivity index (χ0) is 20.1. The molecular weight excluding hydrogens is 356 g/mol. The third-order valence-electron chi connectivity index (χ3n) is 5.71. The predicted octanol–water partition coefficient (Wildman–Crippen LogP) is 4.89. The van der Waals surface area contributed by atoms with Crippen molar-refractivity contribution >= 4 is 11.6 Å². The Hall–Kier alpha value is -3.20. The summed E-state index contributed by atoms with van der Waals surface area (Å²) in [5, 5.41) is 0. The number of amides is 1. The molecule has 3 heteroatoms. The molecule has 0 heterocycles. The van der Waals surface area contributed by atoms with Crippen molar-refractivity contribution < 1.29 is 4.79 Å². The van der Waals surface area contributed by atoms with Crippen LogP contribution < -0.4 is 5.73 Å². The smallest absolute Gasteiger partial charge is 0.242 e. The maximum absolute atomic E-state index is 12.4. The van der Waals surface area contributed by atoms with E-state index in [4.69, 9.17) is 10.7 Å². The number of primary amides is 1. The van der Waals surface area contributed by atoms with E-state index in [1.807, 2.05) is 60.7 Å². The number of carbonyl (C=O) groups excluding carboxylic acids is 1. The summed E-state index contributed by atoms with van der Waals surface area (Å²) in [5.41, 5.74) is 11.4. The highest BCUT2D eigenvalue weighted by Gasteiger charge is 2.26. The molecule has 1 aliphatic rings. The first-order valence-electron chi connectivity index (χ1n) is 10.3. The molecule has 146 valence electrons. The summed E-state index contributed by atoms with van der Waals surface area (Å²) < 4.78 is 0. The minimum atomic E-state index is -0.554. The van der Waals surface area contributed by atoms with Gasteiger partial charge in [-0.25, -0.2) is 0 Å². The number of hydrogen-bond acceptors (Lipinski definition) is 2. The first kappa shape index (κ1) is 19.1. The summed E-state index contributed by atoms with van der Waals surface area (Å²) in [6, 6.07) is 28.0. The summed E-state index contributed by atoms with van der Waals surface area (Å²) in [7, 11) is 0. The van der Waals surface area contributed by atoms with Gasteiger partial charge >= 0.3 is 0 Å². The Bertz CT molecular complexity index is 954.